The van der Waals surface area contributed by atoms with Gasteiger partial charge in [0.05, 0.1) is 10.0 Å². The summed E-state index contributed by atoms with van der Waals surface area (Å²) in [6.07, 6.45) is -0.0376. The zero-order chi connectivity index (χ0) is 17.9. The van der Waals surface area contributed by atoms with E-state index in [0.29, 0.717) is 17.6 Å². The van der Waals surface area contributed by atoms with Gasteiger partial charge < -0.3 is 8.92 Å². The summed E-state index contributed by atoms with van der Waals surface area (Å²) in [5.74, 6) is 0.358. The second-order valence-electron chi connectivity index (χ2n) is 5.03. The van der Waals surface area contributed by atoms with E-state index in [1.165, 1.54) is 30.3 Å². The number of hydrogen-bond acceptors (Lipinski definition) is 5. The molecule has 0 heterocycles. The van der Waals surface area contributed by atoms with Crippen molar-refractivity contribution >= 4 is 39.6 Å². The lowest BCUT2D eigenvalue weighted by molar-refractivity contribution is -0.113. The van der Waals surface area contributed by atoms with Crippen molar-refractivity contribution in [1.29, 1.82) is 0 Å². The van der Waals surface area contributed by atoms with Crippen molar-refractivity contribution in [3.05, 3.63) is 52.0 Å². The number of ether oxygens (including phenoxy) is 1. The first-order chi connectivity index (χ1) is 11.2. The highest BCUT2D eigenvalue weighted by Crippen LogP contribution is 2.32. The van der Waals surface area contributed by atoms with E-state index in [9.17, 15) is 13.2 Å². The van der Waals surface area contributed by atoms with E-state index in [-0.39, 0.29) is 20.7 Å². The summed E-state index contributed by atoms with van der Waals surface area (Å²) in [4.78, 5) is 10.4. The molecule has 2 aromatic carbocycles. The van der Waals surface area contributed by atoms with Gasteiger partial charge in [-0.1, -0.05) is 29.3 Å². The highest BCUT2D eigenvalue weighted by Gasteiger charge is 2.22. The van der Waals surface area contributed by atoms with Gasteiger partial charge in [0, 0.05) is 6.07 Å². The van der Waals surface area contributed by atoms with Crippen LogP contribution >= 0.6 is 23.2 Å². The molecule has 0 N–H and O–H groups in total. The van der Waals surface area contributed by atoms with Gasteiger partial charge in [0.2, 0.25) is 0 Å². The monoisotopic (exact) mass is 388 g/mol. The van der Waals surface area contributed by atoms with Crippen LogP contribution in [0.1, 0.15) is 12.5 Å². The molecule has 1 unspecified atom stereocenters. The van der Waals surface area contributed by atoms with Gasteiger partial charge in [-0.2, -0.15) is 8.42 Å². The third-order valence-electron chi connectivity index (χ3n) is 2.93. The minimum atomic E-state index is -4.18. The number of halogens is 2. The first kappa shape index (κ1) is 18.6. The number of carbonyl (C=O) groups is 1. The number of carbonyl (C=O) groups excluding carboxylic acids is 1. The van der Waals surface area contributed by atoms with Crippen LogP contribution in [0.5, 0.6) is 11.5 Å². The number of benzene rings is 2. The van der Waals surface area contributed by atoms with Crippen molar-refractivity contribution < 1.29 is 22.1 Å². The molecule has 0 aromatic heterocycles. The van der Waals surface area contributed by atoms with Crippen molar-refractivity contribution in [2.24, 2.45) is 0 Å². The highest BCUT2D eigenvalue weighted by molar-refractivity contribution is 7.87. The summed E-state index contributed by atoms with van der Waals surface area (Å²) in [5, 5.41) is -0.00714. The quantitative estimate of drug-likeness (QED) is 0.551. The van der Waals surface area contributed by atoms with Crippen LogP contribution in [-0.4, -0.2) is 20.8 Å². The summed E-state index contributed by atoms with van der Waals surface area (Å²) in [6, 6.07) is 8.79. The maximum atomic E-state index is 12.4. The Labute approximate surface area is 150 Å². The lowest BCUT2D eigenvalue weighted by Crippen LogP contribution is -2.13. The zero-order valence-electron chi connectivity index (χ0n) is 12.8. The maximum Gasteiger partial charge on any atom is 0.340 e. The van der Waals surface area contributed by atoms with Gasteiger partial charge in [-0.25, -0.2) is 0 Å². The summed E-state index contributed by atoms with van der Waals surface area (Å²) in [6.45, 7) is 3.31. The Balaban J connectivity index is 2.36. The summed E-state index contributed by atoms with van der Waals surface area (Å²) >= 11 is 11.8. The minimum Gasteiger partial charge on any atom is -0.483 e. The average molecular weight is 389 g/mol. The Morgan fingerprint density at radius 2 is 1.79 bits per heavy atom. The Hall–Kier alpha value is -1.76. The number of rotatable bonds is 6. The molecule has 2 aromatic rings. The summed E-state index contributed by atoms with van der Waals surface area (Å²) < 4.78 is 35.3. The van der Waals surface area contributed by atoms with Crippen molar-refractivity contribution in [2.45, 2.75) is 24.8 Å². The predicted octanol–water partition coefficient (Wildman–Crippen LogP) is 4.04. The minimum absolute atomic E-state index is 0.0409. The molecular weight excluding hydrogens is 375 g/mol. The first-order valence-corrected chi connectivity index (χ1v) is 9.01. The molecule has 0 aliphatic carbocycles. The van der Waals surface area contributed by atoms with E-state index in [1.807, 2.05) is 0 Å². The zero-order valence-corrected chi connectivity index (χ0v) is 15.2. The SMILES string of the molecule is Cc1cc(OC(C)C=O)cc(OS(=O)(=O)c2cccc(Cl)c2Cl)c1. The molecular formula is C16H14Cl2O5S. The molecule has 0 radical (unpaired) electrons. The fourth-order valence-corrected chi connectivity index (χ4v) is 3.58. The molecule has 128 valence electrons. The molecule has 0 amide bonds. The summed E-state index contributed by atoms with van der Waals surface area (Å²) in [7, 11) is -4.18. The van der Waals surface area contributed by atoms with Crippen LogP contribution in [0.3, 0.4) is 0 Å². The van der Waals surface area contributed by atoms with Crippen LogP contribution < -0.4 is 8.92 Å². The van der Waals surface area contributed by atoms with Crippen LogP contribution in [0.4, 0.5) is 0 Å². The van der Waals surface area contributed by atoms with Gasteiger partial charge in [-0.15, -0.1) is 0 Å². The van der Waals surface area contributed by atoms with E-state index in [1.54, 1.807) is 19.9 Å². The largest absolute Gasteiger partial charge is 0.483 e. The summed E-state index contributed by atoms with van der Waals surface area (Å²) in [5.41, 5.74) is 0.702. The lowest BCUT2D eigenvalue weighted by atomic mass is 10.2. The molecule has 0 bridgehead atoms. The van der Waals surface area contributed by atoms with Gasteiger partial charge in [0.25, 0.3) is 0 Å². The smallest absolute Gasteiger partial charge is 0.340 e. The number of aldehydes is 1. The molecule has 0 spiro atoms. The standard InChI is InChI=1S/C16H14Cl2O5S/c1-10-6-12(22-11(2)9-19)8-13(7-10)23-24(20,21)15-5-3-4-14(17)16(15)18/h3-9,11H,1-2H3. The van der Waals surface area contributed by atoms with E-state index in [4.69, 9.17) is 32.1 Å². The predicted molar refractivity (Wildman–Crippen MR) is 91.6 cm³/mol. The Morgan fingerprint density at radius 1 is 1.12 bits per heavy atom. The van der Waals surface area contributed by atoms with Gasteiger partial charge in [0.15, 0.2) is 12.4 Å². The molecule has 24 heavy (non-hydrogen) atoms. The molecule has 0 saturated carbocycles. The Kier molecular flexibility index (Phi) is 5.74. The molecule has 2 rings (SSSR count). The van der Waals surface area contributed by atoms with Crippen molar-refractivity contribution in [2.75, 3.05) is 0 Å². The van der Waals surface area contributed by atoms with E-state index < -0.39 is 16.2 Å². The molecule has 1 atom stereocenters. The fourth-order valence-electron chi connectivity index (χ4n) is 1.92. The number of hydrogen-bond donors (Lipinski definition) is 0. The Morgan fingerprint density at radius 3 is 2.46 bits per heavy atom. The third-order valence-corrected chi connectivity index (χ3v) is 5.15. The van der Waals surface area contributed by atoms with Crippen LogP contribution in [0, 0.1) is 6.92 Å². The maximum absolute atomic E-state index is 12.4. The molecule has 0 aliphatic rings. The Bertz CT molecular complexity index is 865. The van der Waals surface area contributed by atoms with Crippen LogP contribution in [0.15, 0.2) is 41.3 Å². The first-order valence-electron chi connectivity index (χ1n) is 6.85. The normalized spacial score (nSPS) is 12.5. The van der Waals surface area contributed by atoms with E-state index in [2.05, 4.69) is 0 Å². The number of aryl methyl sites for hydroxylation is 1. The van der Waals surface area contributed by atoms with Crippen LogP contribution in [0.25, 0.3) is 0 Å². The van der Waals surface area contributed by atoms with Gasteiger partial charge in [-0.3, -0.25) is 4.79 Å². The fraction of sp³-hybridized carbons (Fsp3) is 0.188. The van der Waals surface area contributed by atoms with Crippen molar-refractivity contribution in [1.82, 2.24) is 0 Å². The van der Waals surface area contributed by atoms with E-state index in [0.717, 1.165) is 0 Å². The molecule has 8 heteroatoms. The van der Waals surface area contributed by atoms with Gasteiger partial charge >= 0.3 is 10.1 Å². The van der Waals surface area contributed by atoms with Crippen LogP contribution in [0.2, 0.25) is 10.0 Å². The van der Waals surface area contributed by atoms with Gasteiger partial charge in [-0.05, 0) is 43.7 Å². The van der Waals surface area contributed by atoms with Crippen molar-refractivity contribution in [3.8, 4) is 11.5 Å². The molecule has 5 nitrogen and oxygen atoms in total. The average Bonchev–Trinajstić information content (AvgIpc) is 2.48. The molecule has 0 aliphatic heterocycles. The van der Waals surface area contributed by atoms with Gasteiger partial charge in [0.1, 0.15) is 16.4 Å². The van der Waals surface area contributed by atoms with E-state index >= 15 is 0 Å². The lowest BCUT2D eigenvalue weighted by Gasteiger charge is -2.13. The second-order valence-corrected chi connectivity index (χ2v) is 7.33. The van der Waals surface area contributed by atoms with Crippen molar-refractivity contribution in [3.63, 3.8) is 0 Å². The third kappa shape index (κ3) is 4.41. The topological polar surface area (TPSA) is 69.7 Å². The second kappa shape index (κ2) is 7.42. The molecule has 0 saturated heterocycles. The van der Waals surface area contributed by atoms with Crippen LogP contribution in [-0.2, 0) is 14.9 Å². The molecule has 0 fully saturated rings. The highest BCUT2D eigenvalue weighted by atomic mass is 35.5.